The van der Waals surface area contributed by atoms with Gasteiger partial charge in [-0.05, 0) is 18.6 Å². The standard InChI is InChI=1S/C13H19N3O2/c14-8-11(12-2-1-7-18-12)15-5-6-16-10(9-15)3-4-13(16)17/h1-2,7,10-11H,3-6,8-9,14H2. The van der Waals surface area contributed by atoms with Crippen molar-refractivity contribution in [2.75, 3.05) is 26.2 Å². The number of fused-ring (bicyclic) bond motifs is 1. The van der Waals surface area contributed by atoms with Gasteiger partial charge in [0.25, 0.3) is 0 Å². The average molecular weight is 249 g/mol. The summed E-state index contributed by atoms with van der Waals surface area (Å²) < 4.78 is 5.47. The fourth-order valence-electron chi connectivity index (χ4n) is 3.10. The third-order valence-electron chi connectivity index (χ3n) is 4.06. The van der Waals surface area contributed by atoms with Crippen molar-refractivity contribution in [3.8, 4) is 0 Å². The van der Waals surface area contributed by atoms with Crippen LogP contribution in [0.5, 0.6) is 0 Å². The smallest absolute Gasteiger partial charge is 0.222 e. The van der Waals surface area contributed by atoms with Crippen LogP contribution in [-0.4, -0.2) is 47.9 Å². The van der Waals surface area contributed by atoms with Gasteiger partial charge < -0.3 is 15.1 Å². The van der Waals surface area contributed by atoms with E-state index in [0.29, 0.717) is 24.9 Å². The highest BCUT2D eigenvalue weighted by molar-refractivity contribution is 5.78. The summed E-state index contributed by atoms with van der Waals surface area (Å²) >= 11 is 0. The summed E-state index contributed by atoms with van der Waals surface area (Å²) in [7, 11) is 0. The maximum absolute atomic E-state index is 11.6. The van der Waals surface area contributed by atoms with Crippen molar-refractivity contribution < 1.29 is 9.21 Å². The van der Waals surface area contributed by atoms with Crippen molar-refractivity contribution in [1.29, 1.82) is 0 Å². The van der Waals surface area contributed by atoms with Gasteiger partial charge in [0.2, 0.25) is 5.91 Å². The molecule has 3 rings (SSSR count). The highest BCUT2D eigenvalue weighted by atomic mass is 16.3. The Morgan fingerprint density at radius 2 is 2.39 bits per heavy atom. The van der Waals surface area contributed by atoms with E-state index in [4.69, 9.17) is 10.2 Å². The Hall–Kier alpha value is -1.33. The first kappa shape index (κ1) is 11.7. The lowest BCUT2D eigenvalue weighted by Crippen LogP contribution is -2.53. The molecule has 0 bridgehead atoms. The maximum atomic E-state index is 11.6. The van der Waals surface area contributed by atoms with Crippen molar-refractivity contribution in [1.82, 2.24) is 9.80 Å². The molecule has 98 valence electrons. The van der Waals surface area contributed by atoms with Crippen LogP contribution in [-0.2, 0) is 4.79 Å². The molecule has 0 aliphatic carbocycles. The SMILES string of the molecule is NCC(c1ccco1)N1CCN2C(=O)CCC2C1. The molecule has 18 heavy (non-hydrogen) atoms. The van der Waals surface area contributed by atoms with Crippen LogP contribution in [0.25, 0.3) is 0 Å². The third kappa shape index (κ3) is 1.93. The van der Waals surface area contributed by atoms with Crippen LogP contribution in [0.4, 0.5) is 0 Å². The number of nitrogens with zero attached hydrogens (tertiary/aromatic N) is 2. The molecule has 5 heteroatoms. The van der Waals surface area contributed by atoms with Gasteiger partial charge in [-0.1, -0.05) is 0 Å². The number of nitrogens with two attached hydrogens (primary N) is 1. The molecule has 1 aromatic heterocycles. The Morgan fingerprint density at radius 3 is 3.11 bits per heavy atom. The van der Waals surface area contributed by atoms with Gasteiger partial charge in [-0.2, -0.15) is 0 Å². The maximum Gasteiger partial charge on any atom is 0.222 e. The lowest BCUT2D eigenvalue weighted by Gasteiger charge is -2.40. The Bertz CT molecular complexity index is 418. The second-order valence-corrected chi connectivity index (χ2v) is 5.04. The second kappa shape index (κ2) is 4.74. The molecule has 3 heterocycles. The van der Waals surface area contributed by atoms with E-state index in [9.17, 15) is 4.79 Å². The predicted octanol–water partition coefficient (Wildman–Crippen LogP) is 0.586. The van der Waals surface area contributed by atoms with Gasteiger partial charge in [-0.25, -0.2) is 0 Å². The molecular weight excluding hydrogens is 230 g/mol. The molecule has 0 spiro atoms. The van der Waals surface area contributed by atoms with Crippen molar-refractivity contribution in [3.63, 3.8) is 0 Å². The zero-order chi connectivity index (χ0) is 12.5. The van der Waals surface area contributed by atoms with Crippen LogP contribution in [0.1, 0.15) is 24.6 Å². The average Bonchev–Trinajstić information content (AvgIpc) is 3.01. The lowest BCUT2D eigenvalue weighted by molar-refractivity contribution is -0.131. The molecule has 0 radical (unpaired) electrons. The van der Waals surface area contributed by atoms with Crippen LogP contribution in [0.2, 0.25) is 0 Å². The Morgan fingerprint density at radius 1 is 1.50 bits per heavy atom. The van der Waals surface area contributed by atoms with E-state index in [1.165, 1.54) is 0 Å². The van der Waals surface area contributed by atoms with Gasteiger partial charge >= 0.3 is 0 Å². The van der Waals surface area contributed by atoms with Crippen molar-refractivity contribution in [2.24, 2.45) is 5.73 Å². The zero-order valence-electron chi connectivity index (χ0n) is 10.4. The number of carbonyl (C=O) groups is 1. The minimum absolute atomic E-state index is 0.137. The number of piperazine rings is 1. The molecule has 2 saturated heterocycles. The van der Waals surface area contributed by atoms with E-state index in [0.717, 1.165) is 31.8 Å². The molecule has 2 unspecified atom stereocenters. The largest absolute Gasteiger partial charge is 0.468 e. The highest BCUT2D eigenvalue weighted by Crippen LogP contribution is 2.28. The second-order valence-electron chi connectivity index (χ2n) is 5.04. The monoisotopic (exact) mass is 249 g/mol. The summed E-state index contributed by atoms with van der Waals surface area (Å²) in [6.45, 7) is 3.16. The Labute approximate surface area is 107 Å². The van der Waals surface area contributed by atoms with Crippen molar-refractivity contribution in [2.45, 2.75) is 24.9 Å². The quantitative estimate of drug-likeness (QED) is 0.851. The van der Waals surface area contributed by atoms with Gasteiger partial charge in [-0.3, -0.25) is 9.69 Å². The molecule has 0 saturated carbocycles. The van der Waals surface area contributed by atoms with E-state index in [1.807, 2.05) is 17.0 Å². The molecule has 2 aliphatic rings. The fraction of sp³-hybridized carbons (Fsp3) is 0.615. The number of furan rings is 1. The minimum Gasteiger partial charge on any atom is -0.468 e. The van der Waals surface area contributed by atoms with E-state index < -0.39 is 0 Å². The van der Waals surface area contributed by atoms with Crippen LogP contribution in [0.3, 0.4) is 0 Å². The number of carbonyl (C=O) groups excluding carboxylic acids is 1. The fourth-order valence-corrected chi connectivity index (χ4v) is 3.10. The predicted molar refractivity (Wildman–Crippen MR) is 66.8 cm³/mol. The van der Waals surface area contributed by atoms with Gasteiger partial charge in [0.1, 0.15) is 5.76 Å². The van der Waals surface area contributed by atoms with E-state index in [1.54, 1.807) is 6.26 Å². The minimum atomic E-state index is 0.137. The van der Waals surface area contributed by atoms with Gasteiger partial charge in [0.05, 0.1) is 12.3 Å². The van der Waals surface area contributed by atoms with E-state index in [2.05, 4.69) is 4.90 Å². The third-order valence-corrected chi connectivity index (χ3v) is 4.06. The Kier molecular flexibility index (Phi) is 3.09. The summed E-state index contributed by atoms with van der Waals surface area (Å²) in [5, 5.41) is 0. The first-order valence-electron chi connectivity index (χ1n) is 6.56. The van der Waals surface area contributed by atoms with Gasteiger partial charge in [0, 0.05) is 38.6 Å². The number of hydrogen-bond donors (Lipinski definition) is 1. The van der Waals surface area contributed by atoms with Crippen molar-refractivity contribution in [3.05, 3.63) is 24.2 Å². The van der Waals surface area contributed by atoms with Crippen LogP contribution in [0, 0.1) is 0 Å². The summed E-state index contributed by atoms with van der Waals surface area (Å²) in [5.74, 6) is 1.23. The summed E-state index contributed by atoms with van der Waals surface area (Å²) in [6.07, 6.45) is 3.37. The molecule has 2 fully saturated rings. The van der Waals surface area contributed by atoms with Crippen molar-refractivity contribution >= 4 is 5.91 Å². The summed E-state index contributed by atoms with van der Waals surface area (Å²) in [5.41, 5.74) is 5.88. The molecule has 1 aromatic rings. The molecule has 5 nitrogen and oxygen atoms in total. The van der Waals surface area contributed by atoms with Crippen LogP contribution < -0.4 is 5.73 Å². The lowest BCUT2D eigenvalue weighted by atomic mass is 10.1. The first-order valence-corrected chi connectivity index (χ1v) is 6.56. The molecular formula is C13H19N3O2. The molecule has 0 aromatic carbocycles. The van der Waals surface area contributed by atoms with E-state index >= 15 is 0 Å². The van der Waals surface area contributed by atoms with Crippen LogP contribution >= 0.6 is 0 Å². The summed E-state index contributed by atoms with van der Waals surface area (Å²) in [4.78, 5) is 16.0. The highest BCUT2D eigenvalue weighted by Gasteiger charge is 2.37. The van der Waals surface area contributed by atoms with E-state index in [-0.39, 0.29) is 6.04 Å². The normalized spacial score (nSPS) is 26.4. The molecule has 2 atom stereocenters. The van der Waals surface area contributed by atoms with Gasteiger partial charge in [-0.15, -0.1) is 0 Å². The van der Waals surface area contributed by atoms with Crippen LogP contribution in [0.15, 0.2) is 22.8 Å². The molecule has 2 N–H and O–H groups in total. The zero-order valence-corrected chi connectivity index (χ0v) is 10.4. The topological polar surface area (TPSA) is 62.7 Å². The van der Waals surface area contributed by atoms with Gasteiger partial charge in [0.15, 0.2) is 0 Å². The number of amides is 1. The molecule has 1 amide bonds. The molecule has 2 aliphatic heterocycles. The number of hydrogen-bond acceptors (Lipinski definition) is 4. The Balaban J connectivity index is 1.72. The summed E-state index contributed by atoms with van der Waals surface area (Å²) in [6, 6.07) is 4.38. The first-order chi connectivity index (χ1) is 8.79. The number of rotatable bonds is 3.